The molecule has 1 aromatic carbocycles. The molecule has 0 atom stereocenters. The maximum absolute atomic E-state index is 13.4. The van der Waals surface area contributed by atoms with Crippen LogP contribution in [0.2, 0.25) is 5.02 Å². The Morgan fingerprint density at radius 3 is 2.32 bits per heavy atom. The van der Waals surface area contributed by atoms with Gasteiger partial charge in [-0.15, -0.1) is 0 Å². The predicted octanol–water partition coefficient (Wildman–Crippen LogP) is 4.17. The lowest BCUT2D eigenvalue weighted by Crippen LogP contribution is -2.49. The highest BCUT2D eigenvalue weighted by Gasteiger charge is 2.35. The number of amides is 1. The van der Waals surface area contributed by atoms with Gasteiger partial charge >= 0.3 is 6.18 Å². The number of nitrogens with zero attached hydrogens (tertiary/aromatic N) is 5. The SMILES string of the molecule is O=C(c1cccc(Cl)c1)N1CCN(c2cc(C(F)(F)F)nc(-c3ccncc3)n2)CC1. The first-order valence-electron chi connectivity index (χ1n) is 9.48. The van der Waals surface area contributed by atoms with Crippen LogP contribution in [0.5, 0.6) is 0 Å². The van der Waals surface area contributed by atoms with Crippen molar-refractivity contribution in [2.75, 3.05) is 31.1 Å². The van der Waals surface area contributed by atoms with Gasteiger partial charge in [0.2, 0.25) is 0 Å². The van der Waals surface area contributed by atoms with Gasteiger partial charge in [0.25, 0.3) is 5.91 Å². The van der Waals surface area contributed by atoms with E-state index in [2.05, 4.69) is 15.0 Å². The summed E-state index contributed by atoms with van der Waals surface area (Å²) in [5.41, 5.74) is -0.0961. The van der Waals surface area contributed by atoms with Crippen molar-refractivity contribution >= 4 is 23.3 Å². The molecule has 1 aliphatic rings. The molecule has 31 heavy (non-hydrogen) atoms. The van der Waals surface area contributed by atoms with E-state index >= 15 is 0 Å². The molecule has 0 bridgehead atoms. The van der Waals surface area contributed by atoms with Crippen LogP contribution in [0.15, 0.2) is 54.9 Å². The second-order valence-electron chi connectivity index (χ2n) is 6.96. The number of anilines is 1. The van der Waals surface area contributed by atoms with Crippen molar-refractivity contribution in [1.29, 1.82) is 0 Å². The van der Waals surface area contributed by atoms with Crippen LogP contribution in [0.25, 0.3) is 11.4 Å². The number of carbonyl (C=O) groups is 1. The van der Waals surface area contributed by atoms with E-state index < -0.39 is 11.9 Å². The Morgan fingerprint density at radius 1 is 0.968 bits per heavy atom. The van der Waals surface area contributed by atoms with Crippen molar-refractivity contribution in [3.63, 3.8) is 0 Å². The first kappa shape index (κ1) is 21.0. The number of benzene rings is 1. The summed E-state index contributed by atoms with van der Waals surface area (Å²) in [6.07, 6.45) is -1.67. The Hall–Kier alpha value is -3.20. The monoisotopic (exact) mass is 447 g/mol. The molecular formula is C21H17ClF3N5O. The predicted molar refractivity (Wildman–Crippen MR) is 110 cm³/mol. The minimum absolute atomic E-state index is 0.0235. The highest BCUT2D eigenvalue weighted by molar-refractivity contribution is 6.30. The summed E-state index contributed by atoms with van der Waals surface area (Å²) in [6.45, 7) is 1.38. The zero-order chi connectivity index (χ0) is 22.0. The quantitative estimate of drug-likeness (QED) is 0.603. The van der Waals surface area contributed by atoms with Gasteiger partial charge in [-0.2, -0.15) is 13.2 Å². The van der Waals surface area contributed by atoms with Crippen molar-refractivity contribution in [3.05, 3.63) is 71.1 Å². The molecule has 1 amide bonds. The molecule has 160 valence electrons. The Bertz CT molecular complexity index is 1090. The van der Waals surface area contributed by atoms with Crippen LogP contribution in [0.4, 0.5) is 19.0 Å². The summed E-state index contributed by atoms with van der Waals surface area (Å²) in [7, 11) is 0. The topological polar surface area (TPSA) is 62.2 Å². The van der Waals surface area contributed by atoms with E-state index in [4.69, 9.17) is 11.6 Å². The van der Waals surface area contributed by atoms with Gasteiger partial charge in [-0.3, -0.25) is 9.78 Å². The van der Waals surface area contributed by atoms with Crippen LogP contribution in [0, 0.1) is 0 Å². The fourth-order valence-corrected chi connectivity index (χ4v) is 3.50. The maximum atomic E-state index is 13.4. The molecule has 0 aliphatic carbocycles. The number of piperazine rings is 1. The van der Waals surface area contributed by atoms with E-state index in [9.17, 15) is 18.0 Å². The Balaban J connectivity index is 1.56. The molecule has 1 saturated heterocycles. The second kappa shape index (κ2) is 8.50. The molecule has 6 nitrogen and oxygen atoms in total. The molecule has 0 saturated carbocycles. The van der Waals surface area contributed by atoms with Gasteiger partial charge in [0.15, 0.2) is 11.5 Å². The number of hydrogen-bond donors (Lipinski definition) is 0. The van der Waals surface area contributed by atoms with Crippen LogP contribution in [-0.4, -0.2) is 51.9 Å². The van der Waals surface area contributed by atoms with E-state index in [1.165, 1.54) is 12.4 Å². The Morgan fingerprint density at radius 2 is 1.68 bits per heavy atom. The number of rotatable bonds is 3. The highest BCUT2D eigenvalue weighted by atomic mass is 35.5. The summed E-state index contributed by atoms with van der Waals surface area (Å²) in [5, 5.41) is 0.466. The van der Waals surface area contributed by atoms with Gasteiger partial charge in [-0.05, 0) is 30.3 Å². The van der Waals surface area contributed by atoms with Crippen LogP contribution in [0.3, 0.4) is 0 Å². The summed E-state index contributed by atoms with van der Waals surface area (Å²) >= 11 is 5.96. The molecule has 0 spiro atoms. The summed E-state index contributed by atoms with van der Waals surface area (Å²) < 4.78 is 40.3. The lowest BCUT2D eigenvalue weighted by Gasteiger charge is -2.35. The van der Waals surface area contributed by atoms with Crippen LogP contribution >= 0.6 is 11.6 Å². The zero-order valence-electron chi connectivity index (χ0n) is 16.2. The standard InChI is InChI=1S/C21H17ClF3N5O/c22-16-3-1-2-15(12-16)20(31)30-10-8-29(9-11-30)18-13-17(21(23,24)25)27-19(28-18)14-4-6-26-7-5-14/h1-7,12-13H,8-11H2. The average molecular weight is 448 g/mol. The Labute approximate surface area is 181 Å². The van der Waals surface area contributed by atoms with E-state index in [0.717, 1.165) is 6.07 Å². The molecule has 3 aromatic rings. The summed E-state index contributed by atoms with van der Waals surface area (Å²) in [6, 6.07) is 10.7. The molecule has 10 heteroatoms. The summed E-state index contributed by atoms with van der Waals surface area (Å²) in [4.78, 5) is 28.0. The van der Waals surface area contributed by atoms with Gasteiger partial charge in [0.1, 0.15) is 5.82 Å². The van der Waals surface area contributed by atoms with E-state index in [0.29, 0.717) is 42.3 Å². The smallest absolute Gasteiger partial charge is 0.353 e. The van der Waals surface area contributed by atoms with Crippen molar-refractivity contribution in [1.82, 2.24) is 19.9 Å². The van der Waals surface area contributed by atoms with Gasteiger partial charge < -0.3 is 9.80 Å². The molecule has 0 radical (unpaired) electrons. The van der Waals surface area contributed by atoms with Gasteiger partial charge in [0.05, 0.1) is 0 Å². The number of carbonyl (C=O) groups excluding carboxylic acids is 1. The average Bonchev–Trinajstić information content (AvgIpc) is 2.78. The normalized spacial score (nSPS) is 14.6. The fourth-order valence-electron chi connectivity index (χ4n) is 3.31. The third-order valence-corrected chi connectivity index (χ3v) is 5.14. The molecule has 2 aromatic heterocycles. The molecule has 1 fully saturated rings. The van der Waals surface area contributed by atoms with E-state index in [1.54, 1.807) is 46.2 Å². The molecule has 0 N–H and O–H groups in total. The molecular weight excluding hydrogens is 431 g/mol. The van der Waals surface area contributed by atoms with Crippen LogP contribution in [-0.2, 0) is 6.18 Å². The highest BCUT2D eigenvalue weighted by Crippen LogP contribution is 2.32. The van der Waals surface area contributed by atoms with E-state index in [1.807, 2.05) is 0 Å². The second-order valence-corrected chi connectivity index (χ2v) is 7.39. The molecule has 0 unspecified atom stereocenters. The van der Waals surface area contributed by atoms with Crippen molar-refractivity contribution in [2.24, 2.45) is 0 Å². The summed E-state index contributed by atoms with van der Waals surface area (Å²) in [5.74, 6) is -0.0213. The minimum Gasteiger partial charge on any atom is -0.353 e. The Kier molecular flexibility index (Phi) is 5.77. The van der Waals surface area contributed by atoms with E-state index in [-0.39, 0.29) is 17.5 Å². The lowest BCUT2D eigenvalue weighted by molar-refractivity contribution is -0.141. The van der Waals surface area contributed by atoms with Gasteiger partial charge in [0, 0.05) is 60.8 Å². The molecule has 4 rings (SSSR count). The van der Waals surface area contributed by atoms with Crippen LogP contribution < -0.4 is 4.90 Å². The largest absolute Gasteiger partial charge is 0.433 e. The van der Waals surface area contributed by atoms with Gasteiger partial charge in [-0.1, -0.05) is 17.7 Å². The van der Waals surface area contributed by atoms with Gasteiger partial charge in [-0.25, -0.2) is 9.97 Å². The number of hydrogen-bond acceptors (Lipinski definition) is 5. The van der Waals surface area contributed by atoms with Crippen LogP contribution in [0.1, 0.15) is 16.1 Å². The first-order chi connectivity index (χ1) is 14.8. The molecule has 1 aliphatic heterocycles. The first-order valence-corrected chi connectivity index (χ1v) is 9.85. The number of pyridine rings is 1. The van der Waals surface area contributed by atoms with Crippen molar-refractivity contribution < 1.29 is 18.0 Å². The van der Waals surface area contributed by atoms with Crippen molar-refractivity contribution in [3.8, 4) is 11.4 Å². The third-order valence-electron chi connectivity index (χ3n) is 4.90. The maximum Gasteiger partial charge on any atom is 0.433 e. The molecule has 3 heterocycles. The number of aromatic nitrogens is 3. The van der Waals surface area contributed by atoms with Crippen molar-refractivity contribution in [2.45, 2.75) is 6.18 Å². The zero-order valence-corrected chi connectivity index (χ0v) is 16.9. The number of halogens is 4. The third kappa shape index (κ3) is 4.77. The fraction of sp³-hybridized carbons (Fsp3) is 0.238. The lowest BCUT2D eigenvalue weighted by atomic mass is 10.2. The minimum atomic E-state index is -4.61. The number of alkyl halides is 3.